The van der Waals surface area contributed by atoms with E-state index in [4.69, 9.17) is 15.2 Å². The molecular formula is C29H34N4O8. The predicted octanol–water partition coefficient (Wildman–Crippen LogP) is 0.967. The summed E-state index contributed by atoms with van der Waals surface area (Å²) in [4.78, 5) is 78.5. The molecule has 3 atom stereocenters. The predicted molar refractivity (Wildman–Crippen MR) is 147 cm³/mol. The van der Waals surface area contributed by atoms with Gasteiger partial charge in [-0.3, -0.25) is 28.9 Å². The number of hydrogen-bond acceptors (Lipinski definition) is 8. The Bertz CT molecular complexity index is 1290. The molecule has 3 rings (SSSR count). The van der Waals surface area contributed by atoms with Crippen molar-refractivity contribution in [3.8, 4) is 5.75 Å². The highest BCUT2D eigenvalue weighted by atomic mass is 16.5. The third kappa shape index (κ3) is 7.47. The second-order valence-corrected chi connectivity index (χ2v) is 10.0. The average molecular weight is 567 g/mol. The molecule has 1 aliphatic heterocycles. The van der Waals surface area contributed by atoms with Crippen LogP contribution in [0.15, 0.2) is 48.5 Å². The van der Waals surface area contributed by atoms with Crippen molar-refractivity contribution in [1.82, 2.24) is 15.5 Å². The SMILES string of the molecule is COC(=O)[C@H](CC(C)C)NC(=O)[C@H](CC(N)=O)NC(=O)[C@H](Cc1ccc(OC)cc1)N1C(=O)c2ccccc2C1=O. The van der Waals surface area contributed by atoms with Crippen LogP contribution in [0.5, 0.6) is 5.75 Å². The summed E-state index contributed by atoms with van der Waals surface area (Å²) in [6, 6.07) is 8.96. The molecule has 0 aliphatic carbocycles. The largest absolute Gasteiger partial charge is 0.497 e. The lowest BCUT2D eigenvalue weighted by Gasteiger charge is -2.28. The van der Waals surface area contributed by atoms with Gasteiger partial charge in [0.05, 0.1) is 31.8 Å². The number of hydrogen-bond donors (Lipinski definition) is 3. The fraction of sp³-hybridized carbons (Fsp3) is 0.379. The first-order valence-electron chi connectivity index (χ1n) is 13.0. The van der Waals surface area contributed by atoms with Crippen LogP contribution in [-0.4, -0.2) is 72.8 Å². The van der Waals surface area contributed by atoms with Crippen molar-refractivity contribution < 1.29 is 38.2 Å². The molecule has 5 amide bonds. The van der Waals surface area contributed by atoms with Gasteiger partial charge in [-0.2, -0.15) is 0 Å². The number of nitrogens with one attached hydrogen (secondary N) is 2. The normalized spacial score (nSPS) is 14.6. The van der Waals surface area contributed by atoms with Gasteiger partial charge >= 0.3 is 5.97 Å². The second kappa shape index (κ2) is 13.6. The van der Waals surface area contributed by atoms with Crippen LogP contribution in [0.1, 0.15) is 53.0 Å². The molecule has 0 saturated carbocycles. The molecule has 0 spiro atoms. The first kappa shape index (κ1) is 30.8. The van der Waals surface area contributed by atoms with Gasteiger partial charge < -0.3 is 25.8 Å². The van der Waals surface area contributed by atoms with E-state index >= 15 is 0 Å². The lowest BCUT2D eigenvalue weighted by atomic mass is 10.0. The van der Waals surface area contributed by atoms with Gasteiger partial charge in [0, 0.05) is 6.42 Å². The maximum Gasteiger partial charge on any atom is 0.328 e. The molecule has 0 aromatic heterocycles. The van der Waals surface area contributed by atoms with Gasteiger partial charge in [0.1, 0.15) is 23.9 Å². The minimum absolute atomic E-state index is 0.00582. The van der Waals surface area contributed by atoms with Crippen LogP contribution in [-0.2, 0) is 30.3 Å². The first-order valence-corrected chi connectivity index (χ1v) is 13.0. The minimum Gasteiger partial charge on any atom is -0.497 e. The Labute approximate surface area is 237 Å². The van der Waals surface area contributed by atoms with E-state index in [0.717, 1.165) is 4.90 Å². The van der Waals surface area contributed by atoms with E-state index in [1.54, 1.807) is 36.4 Å². The van der Waals surface area contributed by atoms with Gasteiger partial charge in [-0.1, -0.05) is 38.1 Å². The Morgan fingerprint density at radius 2 is 1.41 bits per heavy atom. The summed E-state index contributed by atoms with van der Waals surface area (Å²) in [6.07, 6.45) is -0.445. The zero-order valence-electron chi connectivity index (χ0n) is 23.3. The van der Waals surface area contributed by atoms with E-state index in [0.29, 0.717) is 11.3 Å². The molecule has 1 heterocycles. The molecule has 0 unspecified atom stereocenters. The van der Waals surface area contributed by atoms with Crippen molar-refractivity contribution in [3.05, 3.63) is 65.2 Å². The summed E-state index contributed by atoms with van der Waals surface area (Å²) >= 11 is 0. The highest BCUT2D eigenvalue weighted by molar-refractivity contribution is 6.23. The highest BCUT2D eigenvalue weighted by Gasteiger charge is 2.43. The Hall–Kier alpha value is -4.74. The third-order valence-electron chi connectivity index (χ3n) is 6.58. The van der Waals surface area contributed by atoms with Gasteiger partial charge in [-0.25, -0.2) is 4.79 Å². The molecule has 1 aliphatic rings. The zero-order valence-corrected chi connectivity index (χ0v) is 23.3. The lowest BCUT2D eigenvalue weighted by molar-refractivity contribution is -0.146. The van der Waals surface area contributed by atoms with E-state index in [1.165, 1.54) is 26.4 Å². The number of imide groups is 1. The van der Waals surface area contributed by atoms with Gasteiger partial charge in [0.15, 0.2) is 0 Å². The number of ether oxygens (including phenoxy) is 2. The molecule has 4 N–H and O–H groups in total. The molecule has 0 saturated heterocycles. The van der Waals surface area contributed by atoms with Crippen molar-refractivity contribution in [2.24, 2.45) is 11.7 Å². The van der Waals surface area contributed by atoms with Crippen LogP contribution in [0.3, 0.4) is 0 Å². The number of fused-ring (bicyclic) bond motifs is 1. The quantitative estimate of drug-likeness (QED) is 0.237. The van der Waals surface area contributed by atoms with Crippen LogP contribution in [0.4, 0.5) is 0 Å². The standard InChI is InChI=1S/C29H34N4O8/c1-16(2)13-22(29(39)41-4)32-25(35)21(15-24(30)34)31-26(36)23(14-17-9-11-18(40-3)12-10-17)33-27(37)19-7-5-6-8-20(19)28(33)38/h5-12,16,21-23H,13-15H2,1-4H3,(H2,30,34)(H,31,36)(H,32,35)/t21-,22-,23-/m0/s1. The van der Waals surface area contributed by atoms with E-state index in [-0.39, 0.29) is 29.9 Å². The Morgan fingerprint density at radius 1 is 0.854 bits per heavy atom. The number of esters is 1. The smallest absolute Gasteiger partial charge is 0.328 e. The van der Waals surface area contributed by atoms with E-state index < -0.39 is 60.1 Å². The van der Waals surface area contributed by atoms with E-state index in [1.807, 2.05) is 13.8 Å². The molecule has 12 nitrogen and oxygen atoms in total. The van der Waals surface area contributed by atoms with Crippen molar-refractivity contribution in [2.75, 3.05) is 14.2 Å². The summed E-state index contributed by atoms with van der Waals surface area (Å²) in [7, 11) is 2.68. The summed E-state index contributed by atoms with van der Waals surface area (Å²) < 4.78 is 9.95. The number of carbonyl (C=O) groups is 6. The number of amides is 5. The monoisotopic (exact) mass is 566 g/mol. The zero-order chi connectivity index (χ0) is 30.3. The van der Waals surface area contributed by atoms with Crippen LogP contribution >= 0.6 is 0 Å². The van der Waals surface area contributed by atoms with Crippen LogP contribution < -0.4 is 21.1 Å². The molecule has 0 radical (unpaired) electrons. The fourth-order valence-electron chi connectivity index (χ4n) is 4.56. The minimum atomic E-state index is -1.49. The molecule has 2 aromatic rings. The second-order valence-electron chi connectivity index (χ2n) is 10.0. The Morgan fingerprint density at radius 3 is 1.90 bits per heavy atom. The molecule has 0 bridgehead atoms. The molecule has 12 heteroatoms. The first-order chi connectivity index (χ1) is 19.5. The van der Waals surface area contributed by atoms with Gasteiger partial charge in [0.25, 0.3) is 11.8 Å². The molecule has 2 aromatic carbocycles. The number of nitrogens with zero attached hydrogens (tertiary/aromatic N) is 1. The van der Waals surface area contributed by atoms with E-state index in [2.05, 4.69) is 10.6 Å². The fourth-order valence-corrected chi connectivity index (χ4v) is 4.56. The number of methoxy groups -OCH3 is 2. The Kier molecular flexibility index (Phi) is 10.2. The van der Waals surface area contributed by atoms with E-state index in [9.17, 15) is 28.8 Å². The van der Waals surface area contributed by atoms with Crippen molar-refractivity contribution >= 4 is 35.5 Å². The third-order valence-corrected chi connectivity index (χ3v) is 6.58. The van der Waals surface area contributed by atoms with Gasteiger partial charge in [-0.05, 0) is 42.2 Å². The number of benzene rings is 2. The van der Waals surface area contributed by atoms with Crippen molar-refractivity contribution in [3.63, 3.8) is 0 Å². The van der Waals surface area contributed by atoms with Crippen LogP contribution in [0, 0.1) is 5.92 Å². The van der Waals surface area contributed by atoms with Crippen molar-refractivity contribution in [1.29, 1.82) is 0 Å². The average Bonchev–Trinajstić information content (AvgIpc) is 3.19. The molecular weight excluding hydrogens is 532 g/mol. The Balaban J connectivity index is 1.93. The summed E-state index contributed by atoms with van der Waals surface area (Å²) in [5.41, 5.74) is 6.25. The highest BCUT2D eigenvalue weighted by Crippen LogP contribution is 2.26. The topological polar surface area (TPSA) is 174 Å². The molecule has 41 heavy (non-hydrogen) atoms. The summed E-state index contributed by atoms with van der Waals surface area (Å²) in [5.74, 6) is -4.07. The van der Waals surface area contributed by atoms with Gasteiger partial charge in [0.2, 0.25) is 17.7 Å². The lowest BCUT2D eigenvalue weighted by Crippen LogP contribution is -2.58. The number of rotatable bonds is 13. The van der Waals surface area contributed by atoms with Crippen LogP contribution in [0.2, 0.25) is 0 Å². The maximum absolute atomic E-state index is 13.7. The number of primary amides is 1. The number of carbonyl (C=O) groups excluding carboxylic acids is 6. The van der Waals surface area contributed by atoms with Crippen LogP contribution in [0.25, 0.3) is 0 Å². The maximum atomic E-state index is 13.7. The summed E-state index contributed by atoms with van der Waals surface area (Å²) in [6.45, 7) is 3.69. The molecule has 218 valence electrons. The van der Waals surface area contributed by atoms with Crippen molar-refractivity contribution in [2.45, 2.75) is 51.2 Å². The summed E-state index contributed by atoms with van der Waals surface area (Å²) in [5, 5.41) is 4.99. The number of nitrogens with two attached hydrogens (primary N) is 1. The van der Waals surface area contributed by atoms with Gasteiger partial charge in [-0.15, -0.1) is 0 Å². The molecule has 0 fully saturated rings.